The van der Waals surface area contributed by atoms with E-state index in [4.69, 9.17) is 0 Å². The molecule has 1 aliphatic carbocycles. The predicted octanol–water partition coefficient (Wildman–Crippen LogP) is 2.73. The molecule has 1 fully saturated rings. The summed E-state index contributed by atoms with van der Waals surface area (Å²) < 4.78 is 39.3. The van der Waals surface area contributed by atoms with E-state index >= 15 is 0 Å². The Kier molecular flexibility index (Phi) is 4.72. The molecule has 4 nitrogen and oxygen atoms in total. The number of hydrogen-bond donors (Lipinski definition) is 2. The highest BCUT2D eigenvalue weighted by molar-refractivity contribution is 5.89. The smallest absolute Gasteiger partial charge is 0.321 e. The molecule has 0 saturated heterocycles. The maximum Gasteiger partial charge on any atom is 0.321 e. The second-order valence-corrected chi connectivity index (χ2v) is 5.32. The Bertz CT molecular complexity index is 539. The van der Waals surface area contributed by atoms with Crippen molar-refractivity contribution in [1.29, 1.82) is 0 Å². The summed E-state index contributed by atoms with van der Waals surface area (Å²) in [5, 5.41) is 11.9. The highest BCUT2D eigenvalue weighted by Gasteiger charge is 2.27. The monoisotopic (exact) mass is 302 g/mol. The molecular weight excluding hydrogens is 285 g/mol. The number of amides is 2. The van der Waals surface area contributed by atoms with Gasteiger partial charge in [0.25, 0.3) is 0 Å². The van der Waals surface area contributed by atoms with E-state index in [2.05, 4.69) is 5.32 Å². The van der Waals surface area contributed by atoms with E-state index in [0.717, 1.165) is 12.8 Å². The maximum absolute atomic E-state index is 13.4. The Hall–Kier alpha value is -1.76. The van der Waals surface area contributed by atoms with Crippen molar-refractivity contribution in [1.82, 2.24) is 4.90 Å². The standard InChI is InChI=1S/C14H17F3N2O2/c1-19(7-8-3-2-4-13(8)20)14(21)18-12-6-10(16)9(15)5-11(12)17/h5-6,8,13,20H,2-4,7H2,1H3,(H,18,21). The highest BCUT2D eigenvalue weighted by atomic mass is 19.2. The molecule has 0 heterocycles. The Balaban J connectivity index is 1.99. The van der Waals surface area contributed by atoms with Gasteiger partial charge in [0.15, 0.2) is 11.6 Å². The van der Waals surface area contributed by atoms with Crippen molar-refractivity contribution < 1.29 is 23.1 Å². The molecule has 2 amide bonds. The number of hydrogen-bond acceptors (Lipinski definition) is 2. The van der Waals surface area contributed by atoms with Crippen molar-refractivity contribution in [2.45, 2.75) is 25.4 Å². The molecular formula is C14H17F3N2O2. The number of nitrogens with zero attached hydrogens (tertiary/aromatic N) is 1. The van der Waals surface area contributed by atoms with E-state index in [1.807, 2.05) is 0 Å². The van der Waals surface area contributed by atoms with Crippen LogP contribution in [0, 0.1) is 23.4 Å². The molecule has 2 unspecified atom stereocenters. The van der Waals surface area contributed by atoms with E-state index < -0.39 is 35.3 Å². The molecule has 0 spiro atoms. The lowest BCUT2D eigenvalue weighted by molar-refractivity contribution is 0.116. The molecule has 116 valence electrons. The van der Waals surface area contributed by atoms with Crippen LogP contribution in [-0.2, 0) is 0 Å². The van der Waals surface area contributed by atoms with Crippen LogP contribution in [0.4, 0.5) is 23.7 Å². The lowest BCUT2D eigenvalue weighted by Gasteiger charge is -2.23. The molecule has 1 aromatic rings. The summed E-state index contributed by atoms with van der Waals surface area (Å²) in [6.45, 7) is 0.318. The first-order valence-electron chi connectivity index (χ1n) is 6.73. The van der Waals surface area contributed by atoms with Gasteiger partial charge in [-0.25, -0.2) is 18.0 Å². The number of rotatable bonds is 3. The second kappa shape index (κ2) is 6.34. The lowest BCUT2D eigenvalue weighted by Crippen LogP contribution is -2.37. The minimum atomic E-state index is -1.31. The van der Waals surface area contributed by atoms with E-state index in [1.54, 1.807) is 0 Å². The number of aliphatic hydroxyl groups is 1. The summed E-state index contributed by atoms with van der Waals surface area (Å²) in [5.41, 5.74) is -0.419. The Morgan fingerprint density at radius 3 is 2.57 bits per heavy atom. The van der Waals surface area contributed by atoms with Crippen LogP contribution in [0.1, 0.15) is 19.3 Å². The average molecular weight is 302 g/mol. The summed E-state index contributed by atoms with van der Waals surface area (Å²) in [4.78, 5) is 13.2. The molecule has 2 atom stereocenters. The van der Waals surface area contributed by atoms with Gasteiger partial charge in [-0.05, 0) is 12.8 Å². The molecule has 21 heavy (non-hydrogen) atoms. The van der Waals surface area contributed by atoms with Gasteiger partial charge in [-0.1, -0.05) is 6.42 Å². The molecule has 1 aromatic carbocycles. The second-order valence-electron chi connectivity index (χ2n) is 5.32. The van der Waals surface area contributed by atoms with Crippen LogP contribution < -0.4 is 5.32 Å². The molecule has 2 N–H and O–H groups in total. The Morgan fingerprint density at radius 2 is 1.95 bits per heavy atom. The fraction of sp³-hybridized carbons (Fsp3) is 0.500. The average Bonchev–Trinajstić information content (AvgIpc) is 2.81. The van der Waals surface area contributed by atoms with Crippen LogP contribution in [0.15, 0.2) is 12.1 Å². The van der Waals surface area contributed by atoms with Crippen molar-refractivity contribution in [3.63, 3.8) is 0 Å². The van der Waals surface area contributed by atoms with Crippen LogP contribution in [0.3, 0.4) is 0 Å². The van der Waals surface area contributed by atoms with Gasteiger partial charge in [0.1, 0.15) is 5.82 Å². The maximum atomic E-state index is 13.4. The van der Waals surface area contributed by atoms with Crippen molar-refractivity contribution in [2.24, 2.45) is 5.92 Å². The first-order valence-corrected chi connectivity index (χ1v) is 6.73. The number of nitrogens with one attached hydrogen (secondary N) is 1. The van der Waals surface area contributed by atoms with Gasteiger partial charge in [-0.2, -0.15) is 0 Å². The zero-order valence-electron chi connectivity index (χ0n) is 11.6. The SMILES string of the molecule is CN(CC1CCCC1O)C(=O)Nc1cc(F)c(F)cc1F. The number of halogens is 3. The Labute approximate surface area is 120 Å². The minimum absolute atomic E-state index is 0.0180. The summed E-state index contributed by atoms with van der Waals surface area (Å²) >= 11 is 0. The van der Waals surface area contributed by atoms with Gasteiger partial charge in [0.2, 0.25) is 0 Å². The number of carbonyl (C=O) groups is 1. The normalized spacial score (nSPS) is 21.4. The van der Waals surface area contributed by atoms with Crippen LogP contribution in [0.2, 0.25) is 0 Å². The molecule has 0 aromatic heterocycles. The first-order chi connectivity index (χ1) is 9.88. The zero-order chi connectivity index (χ0) is 15.6. The topological polar surface area (TPSA) is 52.6 Å². The number of urea groups is 1. The zero-order valence-corrected chi connectivity index (χ0v) is 11.6. The van der Waals surface area contributed by atoms with Gasteiger partial charge in [-0.15, -0.1) is 0 Å². The predicted molar refractivity (Wildman–Crippen MR) is 71.3 cm³/mol. The van der Waals surface area contributed by atoms with Gasteiger partial charge in [0, 0.05) is 31.6 Å². The van der Waals surface area contributed by atoms with E-state index in [0.29, 0.717) is 25.1 Å². The van der Waals surface area contributed by atoms with Crippen LogP contribution >= 0.6 is 0 Å². The van der Waals surface area contributed by atoms with Crippen molar-refractivity contribution in [3.05, 3.63) is 29.6 Å². The van der Waals surface area contributed by atoms with Gasteiger partial charge in [0.05, 0.1) is 11.8 Å². The number of aliphatic hydroxyl groups excluding tert-OH is 1. The van der Waals surface area contributed by atoms with Crippen molar-refractivity contribution >= 4 is 11.7 Å². The summed E-state index contributed by atoms with van der Waals surface area (Å²) in [6.07, 6.45) is 1.98. The van der Waals surface area contributed by atoms with E-state index in [9.17, 15) is 23.1 Å². The molecule has 0 aliphatic heterocycles. The van der Waals surface area contributed by atoms with E-state index in [-0.39, 0.29) is 5.92 Å². The minimum Gasteiger partial charge on any atom is -0.393 e. The van der Waals surface area contributed by atoms with E-state index in [1.165, 1.54) is 11.9 Å². The van der Waals surface area contributed by atoms with Crippen LogP contribution in [-0.4, -0.2) is 35.7 Å². The van der Waals surface area contributed by atoms with Crippen LogP contribution in [0.25, 0.3) is 0 Å². The summed E-state index contributed by atoms with van der Waals surface area (Å²) in [5.74, 6) is -3.61. The van der Waals surface area contributed by atoms with Gasteiger partial charge >= 0.3 is 6.03 Å². The molecule has 0 radical (unpaired) electrons. The first kappa shape index (κ1) is 15.6. The van der Waals surface area contributed by atoms with Crippen molar-refractivity contribution in [3.8, 4) is 0 Å². The molecule has 1 saturated carbocycles. The molecule has 1 aliphatic rings. The lowest BCUT2D eigenvalue weighted by atomic mass is 10.1. The van der Waals surface area contributed by atoms with Crippen LogP contribution in [0.5, 0.6) is 0 Å². The summed E-state index contributed by atoms with van der Waals surface area (Å²) in [7, 11) is 1.50. The molecule has 0 bridgehead atoms. The third-order valence-corrected chi connectivity index (χ3v) is 3.73. The quantitative estimate of drug-likeness (QED) is 0.844. The number of carbonyl (C=O) groups excluding carboxylic acids is 1. The summed E-state index contributed by atoms with van der Waals surface area (Å²) in [6, 6.07) is 0.339. The molecule has 2 rings (SSSR count). The third-order valence-electron chi connectivity index (χ3n) is 3.73. The van der Waals surface area contributed by atoms with Gasteiger partial charge < -0.3 is 15.3 Å². The Morgan fingerprint density at radius 1 is 1.29 bits per heavy atom. The largest absolute Gasteiger partial charge is 0.393 e. The molecule has 7 heteroatoms. The number of benzene rings is 1. The highest BCUT2D eigenvalue weighted by Crippen LogP contribution is 2.26. The number of anilines is 1. The van der Waals surface area contributed by atoms with Gasteiger partial charge in [-0.3, -0.25) is 0 Å². The third kappa shape index (κ3) is 3.66. The fourth-order valence-corrected chi connectivity index (χ4v) is 2.49. The van der Waals surface area contributed by atoms with Crippen molar-refractivity contribution in [2.75, 3.05) is 18.9 Å². The fourth-order valence-electron chi connectivity index (χ4n) is 2.49.